The average Bonchev–Trinajstić information content (AvgIpc) is 2.59. The van der Waals surface area contributed by atoms with Crippen LogP contribution in [0.3, 0.4) is 0 Å². The van der Waals surface area contributed by atoms with Gasteiger partial charge in [0.2, 0.25) is 5.91 Å². The average molecular weight is 328 g/mol. The number of anilines is 1. The van der Waals surface area contributed by atoms with Gasteiger partial charge in [-0.25, -0.2) is 4.79 Å². The van der Waals surface area contributed by atoms with E-state index in [1.54, 1.807) is 12.1 Å². The maximum absolute atomic E-state index is 11.9. The number of rotatable bonds is 7. The van der Waals surface area contributed by atoms with Crippen LogP contribution in [0.25, 0.3) is 0 Å². The van der Waals surface area contributed by atoms with Crippen molar-refractivity contribution in [1.82, 2.24) is 5.32 Å². The van der Waals surface area contributed by atoms with Crippen LogP contribution in [-0.4, -0.2) is 25.7 Å². The van der Waals surface area contributed by atoms with Gasteiger partial charge in [0.1, 0.15) is 11.5 Å². The summed E-state index contributed by atoms with van der Waals surface area (Å²) >= 11 is 0. The number of para-hydroxylation sites is 1. The van der Waals surface area contributed by atoms with Crippen molar-refractivity contribution < 1.29 is 19.1 Å². The second kappa shape index (κ2) is 9.19. The van der Waals surface area contributed by atoms with Crippen molar-refractivity contribution in [2.24, 2.45) is 0 Å². The molecule has 0 spiro atoms. The topological polar surface area (TPSA) is 76.7 Å². The number of alkyl carbamates (subject to hydrolysis) is 1. The monoisotopic (exact) mass is 328 g/mol. The smallest absolute Gasteiger partial charge is 0.406 e. The summed E-state index contributed by atoms with van der Waals surface area (Å²) in [5, 5.41) is 5.33. The minimum atomic E-state index is -0.499. The molecule has 0 fully saturated rings. The highest BCUT2D eigenvalue weighted by Gasteiger charge is 2.05. The third-order valence-electron chi connectivity index (χ3n) is 3.13. The van der Waals surface area contributed by atoms with Crippen molar-refractivity contribution in [3.05, 3.63) is 54.6 Å². The van der Waals surface area contributed by atoms with E-state index >= 15 is 0 Å². The van der Waals surface area contributed by atoms with Crippen molar-refractivity contribution in [2.75, 3.05) is 19.0 Å². The summed E-state index contributed by atoms with van der Waals surface area (Å²) in [5.41, 5.74) is 0.661. The summed E-state index contributed by atoms with van der Waals surface area (Å²) < 4.78 is 10.2. The quantitative estimate of drug-likeness (QED) is 0.762. The minimum absolute atomic E-state index is 0.126. The number of methoxy groups -OCH3 is 1. The van der Waals surface area contributed by atoms with Crippen LogP contribution in [0.2, 0.25) is 0 Å². The van der Waals surface area contributed by atoms with Gasteiger partial charge in [-0.3, -0.25) is 4.79 Å². The molecule has 0 saturated carbocycles. The van der Waals surface area contributed by atoms with E-state index in [1.807, 2.05) is 42.5 Å². The molecule has 0 saturated heterocycles. The van der Waals surface area contributed by atoms with E-state index in [9.17, 15) is 9.59 Å². The Hall–Kier alpha value is -3.02. The molecule has 0 aromatic heterocycles. The molecule has 0 atom stereocenters. The van der Waals surface area contributed by atoms with Gasteiger partial charge in [0.15, 0.2) is 0 Å². The Morgan fingerprint density at radius 2 is 1.75 bits per heavy atom. The lowest BCUT2D eigenvalue weighted by molar-refractivity contribution is -0.116. The predicted octanol–water partition coefficient (Wildman–Crippen LogP) is 3.55. The lowest BCUT2D eigenvalue weighted by atomic mass is 10.2. The summed E-state index contributed by atoms with van der Waals surface area (Å²) in [6.45, 7) is 0.386. The molecule has 126 valence electrons. The Morgan fingerprint density at radius 3 is 2.50 bits per heavy atom. The second-order valence-corrected chi connectivity index (χ2v) is 5.01. The molecular weight excluding hydrogens is 308 g/mol. The van der Waals surface area contributed by atoms with Crippen LogP contribution in [0.15, 0.2) is 54.6 Å². The first-order chi connectivity index (χ1) is 11.7. The van der Waals surface area contributed by atoms with E-state index in [2.05, 4.69) is 15.4 Å². The predicted molar refractivity (Wildman–Crippen MR) is 91.2 cm³/mol. The van der Waals surface area contributed by atoms with E-state index in [0.29, 0.717) is 30.8 Å². The summed E-state index contributed by atoms with van der Waals surface area (Å²) in [6.07, 6.45) is 0.329. The van der Waals surface area contributed by atoms with Crippen LogP contribution in [0.4, 0.5) is 10.5 Å². The van der Waals surface area contributed by atoms with Gasteiger partial charge in [0, 0.05) is 24.7 Å². The lowest BCUT2D eigenvalue weighted by Crippen LogP contribution is -2.25. The van der Waals surface area contributed by atoms with Gasteiger partial charge in [0.05, 0.1) is 7.11 Å². The summed E-state index contributed by atoms with van der Waals surface area (Å²) in [5.74, 6) is 1.25. The molecule has 0 unspecified atom stereocenters. The van der Waals surface area contributed by atoms with Crippen LogP contribution in [-0.2, 0) is 9.53 Å². The molecule has 6 nitrogen and oxygen atoms in total. The third-order valence-corrected chi connectivity index (χ3v) is 3.13. The van der Waals surface area contributed by atoms with Gasteiger partial charge in [-0.2, -0.15) is 0 Å². The molecule has 6 heteroatoms. The highest BCUT2D eigenvalue weighted by Crippen LogP contribution is 2.23. The second-order valence-electron chi connectivity index (χ2n) is 5.01. The standard InChI is InChI=1S/C18H20N2O4/c1-23-18(22)19-12-6-11-17(21)20-14-7-5-10-16(13-14)24-15-8-3-2-4-9-15/h2-5,7-10,13H,6,11-12H2,1H3,(H,19,22)(H,20,21). The number of carbonyl (C=O) groups excluding carboxylic acids is 2. The molecule has 0 aliphatic rings. The Kier molecular flexibility index (Phi) is 6.64. The van der Waals surface area contributed by atoms with Gasteiger partial charge in [-0.05, 0) is 30.7 Å². The van der Waals surface area contributed by atoms with Crippen LogP contribution in [0.1, 0.15) is 12.8 Å². The van der Waals surface area contributed by atoms with E-state index in [1.165, 1.54) is 7.11 Å². The number of hydrogen-bond acceptors (Lipinski definition) is 4. The van der Waals surface area contributed by atoms with Crippen LogP contribution >= 0.6 is 0 Å². The number of benzene rings is 2. The highest BCUT2D eigenvalue weighted by molar-refractivity contribution is 5.90. The molecule has 24 heavy (non-hydrogen) atoms. The van der Waals surface area contributed by atoms with Gasteiger partial charge in [-0.1, -0.05) is 24.3 Å². The summed E-state index contributed by atoms with van der Waals surface area (Å²) in [6, 6.07) is 16.6. The molecule has 2 aromatic rings. The molecular formula is C18H20N2O4. The van der Waals surface area contributed by atoms with Crippen molar-refractivity contribution in [2.45, 2.75) is 12.8 Å². The van der Waals surface area contributed by atoms with E-state index < -0.39 is 6.09 Å². The first-order valence-corrected chi connectivity index (χ1v) is 7.62. The van der Waals surface area contributed by atoms with Gasteiger partial charge < -0.3 is 20.1 Å². The molecule has 2 aromatic carbocycles. The lowest BCUT2D eigenvalue weighted by Gasteiger charge is -2.09. The number of carbonyl (C=O) groups is 2. The molecule has 0 aliphatic heterocycles. The number of nitrogens with one attached hydrogen (secondary N) is 2. The van der Waals surface area contributed by atoms with Gasteiger partial charge >= 0.3 is 6.09 Å². The maximum atomic E-state index is 11.9. The molecule has 2 amide bonds. The number of ether oxygens (including phenoxy) is 2. The van der Waals surface area contributed by atoms with Gasteiger partial charge in [-0.15, -0.1) is 0 Å². The first kappa shape index (κ1) is 17.3. The highest BCUT2D eigenvalue weighted by atomic mass is 16.5. The van der Waals surface area contributed by atoms with Crippen LogP contribution in [0, 0.1) is 0 Å². The molecule has 0 bridgehead atoms. The number of hydrogen-bond donors (Lipinski definition) is 2. The zero-order chi connectivity index (χ0) is 17.2. The van der Waals surface area contributed by atoms with Crippen molar-refractivity contribution >= 4 is 17.7 Å². The summed E-state index contributed by atoms with van der Waals surface area (Å²) in [7, 11) is 1.30. The molecule has 2 N–H and O–H groups in total. The fraction of sp³-hybridized carbons (Fsp3) is 0.222. The SMILES string of the molecule is COC(=O)NCCCC(=O)Nc1cccc(Oc2ccccc2)c1. The van der Waals surface area contributed by atoms with Crippen molar-refractivity contribution in [3.63, 3.8) is 0 Å². The Bertz CT molecular complexity index is 674. The zero-order valence-corrected chi connectivity index (χ0v) is 13.5. The zero-order valence-electron chi connectivity index (χ0n) is 13.5. The summed E-state index contributed by atoms with van der Waals surface area (Å²) in [4.78, 5) is 22.8. The van der Waals surface area contributed by atoms with E-state index in [4.69, 9.17) is 4.74 Å². The fourth-order valence-electron chi connectivity index (χ4n) is 2.00. The molecule has 0 heterocycles. The molecule has 0 aliphatic carbocycles. The molecule has 2 rings (SSSR count). The largest absolute Gasteiger partial charge is 0.457 e. The van der Waals surface area contributed by atoms with Gasteiger partial charge in [0.25, 0.3) is 0 Å². The minimum Gasteiger partial charge on any atom is -0.457 e. The maximum Gasteiger partial charge on any atom is 0.406 e. The molecule has 0 radical (unpaired) electrons. The van der Waals surface area contributed by atoms with Crippen molar-refractivity contribution in [3.8, 4) is 11.5 Å². The van der Waals surface area contributed by atoms with Crippen LogP contribution < -0.4 is 15.4 Å². The fourth-order valence-corrected chi connectivity index (χ4v) is 2.00. The Labute approximate surface area is 140 Å². The normalized spacial score (nSPS) is 9.88. The van der Waals surface area contributed by atoms with Crippen LogP contribution in [0.5, 0.6) is 11.5 Å². The van der Waals surface area contributed by atoms with E-state index in [0.717, 1.165) is 5.75 Å². The number of amides is 2. The first-order valence-electron chi connectivity index (χ1n) is 7.62. The Morgan fingerprint density at radius 1 is 1.00 bits per heavy atom. The Balaban J connectivity index is 1.81. The third kappa shape index (κ3) is 6.00. The van der Waals surface area contributed by atoms with Crippen molar-refractivity contribution in [1.29, 1.82) is 0 Å². The van der Waals surface area contributed by atoms with E-state index in [-0.39, 0.29) is 5.91 Å².